The van der Waals surface area contributed by atoms with E-state index in [1.54, 1.807) is 13.3 Å². The molecule has 0 spiro atoms. The quantitative estimate of drug-likeness (QED) is 0.482. The Morgan fingerprint density at radius 1 is 0.923 bits per heavy atom. The van der Waals surface area contributed by atoms with Crippen LogP contribution in [0.3, 0.4) is 0 Å². The van der Waals surface area contributed by atoms with Gasteiger partial charge in [-0.3, -0.25) is 5.43 Å². The minimum Gasteiger partial charge on any atom is -0.493 e. The van der Waals surface area contributed by atoms with Crippen molar-refractivity contribution in [2.75, 3.05) is 12.5 Å². The van der Waals surface area contributed by atoms with E-state index in [1.807, 2.05) is 72.8 Å². The number of anilines is 1. The van der Waals surface area contributed by atoms with Crippen molar-refractivity contribution in [2.24, 2.45) is 5.10 Å². The lowest BCUT2D eigenvalue weighted by atomic mass is 10.2. The third-order valence-corrected chi connectivity index (χ3v) is 3.88. The summed E-state index contributed by atoms with van der Waals surface area (Å²) in [5.74, 6) is 1.39. The summed E-state index contributed by atoms with van der Waals surface area (Å²) in [5.41, 5.74) is 7.22. The number of methoxy groups -OCH3 is 1. The second kappa shape index (κ2) is 8.72. The molecule has 132 valence electrons. The number of nitrogens with one attached hydrogen (secondary N) is 1. The van der Waals surface area contributed by atoms with E-state index in [0.717, 1.165) is 16.8 Å². The van der Waals surface area contributed by atoms with Crippen LogP contribution in [0.25, 0.3) is 0 Å². The molecule has 0 saturated heterocycles. The molecule has 0 amide bonds. The van der Waals surface area contributed by atoms with Gasteiger partial charge in [0.1, 0.15) is 6.61 Å². The summed E-state index contributed by atoms with van der Waals surface area (Å²) in [6.45, 7) is 2.56. The fourth-order valence-corrected chi connectivity index (χ4v) is 2.43. The highest BCUT2D eigenvalue weighted by atomic mass is 16.5. The molecule has 0 fully saturated rings. The molecule has 0 aromatic heterocycles. The average molecular weight is 346 g/mol. The number of rotatable bonds is 7. The Hall–Kier alpha value is -3.27. The van der Waals surface area contributed by atoms with Crippen LogP contribution in [-0.2, 0) is 6.61 Å². The van der Waals surface area contributed by atoms with Gasteiger partial charge in [-0.15, -0.1) is 0 Å². The van der Waals surface area contributed by atoms with Crippen molar-refractivity contribution in [3.8, 4) is 11.5 Å². The van der Waals surface area contributed by atoms with Crippen molar-refractivity contribution in [3.05, 3.63) is 89.5 Å². The number of hydrogen-bond donors (Lipinski definition) is 1. The minimum absolute atomic E-state index is 0.500. The lowest BCUT2D eigenvalue weighted by Gasteiger charge is -2.11. The van der Waals surface area contributed by atoms with E-state index in [4.69, 9.17) is 9.47 Å². The van der Waals surface area contributed by atoms with Crippen LogP contribution in [0.4, 0.5) is 5.69 Å². The number of aryl methyl sites for hydroxylation is 1. The molecule has 0 aliphatic carbocycles. The lowest BCUT2D eigenvalue weighted by molar-refractivity contribution is 0.284. The molecule has 0 radical (unpaired) electrons. The monoisotopic (exact) mass is 346 g/mol. The lowest BCUT2D eigenvalue weighted by Crippen LogP contribution is -1.98. The second-order valence-electron chi connectivity index (χ2n) is 5.92. The largest absolute Gasteiger partial charge is 0.493 e. The third kappa shape index (κ3) is 4.86. The highest BCUT2D eigenvalue weighted by Gasteiger charge is 2.05. The van der Waals surface area contributed by atoms with E-state index in [-0.39, 0.29) is 0 Å². The van der Waals surface area contributed by atoms with Crippen LogP contribution in [0, 0.1) is 6.92 Å². The molecule has 0 aliphatic rings. The molecule has 4 heteroatoms. The van der Waals surface area contributed by atoms with E-state index in [9.17, 15) is 0 Å². The maximum atomic E-state index is 5.87. The maximum absolute atomic E-state index is 5.87. The molecule has 0 unspecified atom stereocenters. The molecule has 3 aromatic carbocycles. The van der Waals surface area contributed by atoms with Crippen LogP contribution in [0.15, 0.2) is 77.9 Å². The first-order valence-corrected chi connectivity index (χ1v) is 8.45. The van der Waals surface area contributed by atoms with Gasteiger partial charge < -0.3 is 9.47 Å². The zero-order valence-electron chi connectivity index (χ0n) is 15.0. The zero-order chi connectivity index (χ0) is 18.2. The van der Waals surface area contributed by atoms with Crippen LogP contribution >= 0.6 is 0 Å². The third-order valence-electron chi connectivity index (χ3n) is 3.88. The van der Waals surface area contributed by atoms with E-state index >= 15 is 0 Å². The van der Waals surface area contributed by atoms with Gasteiger partial charge in [-0.25, -0.2) is 0 Å². The highest BCUT2D eigenvalue weighted by Crippen LogP contribution is 2.28. The molecule has 1 N–H and O–H groups in total. The average Bonchev–Trinajstić information content (AvgIpc) is 2.69. The van der Waals surface area contributed by atoms with Crippen molar-refractivity contribution in [1.82, 2.24) is 0 Å². The molecular formula is C22H22N2O2. The number of hydrogen-bond acceptors (Lipinski definition) is 4. The van der Waals surface area contributed by atoms with Crippen LogP contribution in [0.5, 0.6) is 11.5 Å². The number of nitrogens with zero attached hydrogens (tertiary/aromatic N) is 1. The van der Waals surface area contributed by atoms with Crippen LogP contribution in [0.2, 0.25) is 0 Å². The van der Waals surface area contributed by atoms with Gasteiger partial charge in [0, 0.05) is 0 Å². The molecule has 0 bridgehead atoms. The summed E-state index contributed by atoms with van der Waals surface area (Å²) in [6, 6.07) is 23.9. The SMILES string of the molecule is COc1cc(C=NNc2ccc(C)cc2)ccc1OCc1ccccc1. The van der Waals surface area contributed by atoms with Gasteiger partial charge in [-0.1, -0.05) is 48.0 Å². The molecule has 4 nitrogen and oxygen atoms in total. The van der Waals surface area contributed by atoms with Gasteiger partial charge in [-0.2, -0.15) is 5.10 Å². The standard InChI is InChI=1S/C22H22N2O2/c1-17-8-11-20(12-9-17)24-23-15-19-10-13-21(22(14-19)25-2)26-16-18-6-4-3-5-7-18/h3-15,24H,16H2,1-2H3. The summed E-state index contributed by atoms with van der Waals surface area (Å²) < 4.78 is 11.3. The Kier molecular flexibility index (Phi) is 5.88. The van der Waals surface area contributed by atoms with Crippen molar-refractivity contribution in [1.29, 1.82) is 0 Å². The first-order chi connectivity index (χ1) is 12.7. The number of ether oxygens (including phenoxy) is 2. The predicted octanol–water partition coefficient (Wildman–Crippen LogP) is 5.03. The molecular weight excluding hydrogens is 324 g/mol. The van der Waals surface area contributed by atoms with Crippen LogP contribution in [-0.4, -0.2) is 13.3 Å². The van der Waals surface area contributed by atoms with E-state index < -0.39 is 0 Å². The summed E-state index contributed by atoms with van der Waals surface area (Å²) in [7, 11) is 1.64. The van der Waals surface area contributed by atoms with Gasteiger partial charge in [0.05, 0.1) is 19.0 Å². The first kappa shape index (κ1) is 17.5. The molecule has 0 aliphatic heterocycles. The minimum atomic E-state index is 0.500. The normalized spacial score (nSPS) is 10.7. The molecule has 3 rings (SSSR count). The van der Waals surface area contributed by atoms with Crippen LogP contribution in [0.1, 0.15) is 16.7 Å². The maximum Gasteiger partial charge on any atom is 0.161 e. The highest BCUT2D eigenvalue weighted by molar-refractivity contribution is 5.81. The van der Waals surface area contributed by atoms with E-state index in [2.05, 4.69) is 17.5 Å². The van der Waals surface area contributed by atoms with E-state index in [0.29, 0.717) is 18.1 Å². The summed E-state index contributed by atoms with van der Waals surface area (Å²) in [6.07, 6.45) is 1.75. The molecule has 26 heavy (non-hydrogen) atoms. The van der Waals surface area contributed by atoms with Crippen molar-refractivity contribution in [3.63, 3.8) is 0 Å². The van der Waals surface area contributed by atoms with Crippen molar-refractivity contribution < 1.29 is 9.47 Å². The van der Waals surface area contributed by atoms with Gasteiger partial charge in [0.15, 0.2) is 11.5 Å². The van der Waals surface area contributed by atoms with E-state index in [1.165, 1.54) is 5.56 Å². The Labute approximate surface area is 154 Å². The topological polar surface area (TPSA) is 42.8 Å². The Balaban J connectivity index is 1.64. The summed E-state index contributed by atoms with van der Waals surface area (Å²) >= 11 is 0. The number of benzene rings is 3. The Morgan fingerprint density at radius 3 is 2.42 bits per heavy atom. The summed E-state index contributed by atoms with van der Waals surface area (Å²) in [5, 5.41) is 4.27. The fraction of sp³-hybridized carbons (Fsp3) is 0.136. The van der Waals surface area contributed by atoms with Gasteiger partial charge in [0.25, 0.3) is 0 Å². The van der Waals surface area contributed by atoms with Crippen LogP contribution < -0.4 is 14.9 Å². The predicted molar refractivity (Wildman–Crippen MR) is 106 cm³/mol. The zero-order valence-corrected chi connectivity index (χ0v) is 15.0. The number of hydrazone groups is 1. The summed E-state index contributed by atoms with van der Waals surface area (Å²) in [4.78, 5) is 0. The van der Waals surface area contributed by atoms with Crippen molar-refractivity contribution >= 4 is 11.9 Å². The first-order valence-electron chi connectivity index (χ1n) is 8.45. The molecule has 0 atom stereocenters. The fourth-order valence-electron chi connectivity index (χ4n) is 2.43. The van der Waals surface area contributed by atoms with Gasteiger partial charge in [0.2, 0.25) is 0 Å². The second-order valence-corrected chi connectivity index (χ2v) is 5.92. The van der Waals surface area contributed by atoms with Gasteiger partial charge >= 0.3 is 0 Å². The Morgan fingerprint density at radius 2 is 1.69 bits per heavy atom. The molecule has 0 heterocycles. The molecule has 0 saturated carbocycles. The smallest absolute Gasteiger partial charge is 0.161 e. The molecule has 3 aromatic rings. The van der Waals surface area contributed by atoms with Crippen molar-refractivity contribution in [2.45, 2.75) is 13.5 Å². The Bertz CT molecular complexity index is 859. The van der Waals surface area contributed by atoms with Gasteiger partial charge in [-0.05, 0) is 48.4 Å².